The number of nitrogens with two attached hydrogens (primary N) is 1. The smallest absolute Gasteiger partial charge is 0.407 e. The van der Waals surface area contributed by atoms with Gasteiger partial charge >= 0.3 is 6.09 Å². The number of hydrogen-bond acceptors (Lipinski definition) is 7. The fraction of sp³-hybridized carbons (Fsp3) is 0.476. The number of aromatic nitrogens is 2. The lowest BCUT2D eigenvalue weighted by Gasteiger charge is -2.24. The molecule has 166 valence electrons. The van der Waals surface area contributed by atoms with Crippen molar-refractivity contribution in [3.8, 4) is 0 Å². The Kier molecular flexibility index (Phi) is 5.38. The first-order chi connectivity index (χ1) is 14.5. The van der Waals surface area contributed by atoms with Crippen molar-refractivity contribution in [1.29, 1.82) is 0 Å². The predicted octanol–water partition coefficient (Wildman–Crippen LogP) is 2.96. The Morgan fingerprint density at radius 1 is 1.13 bits per heavy atom. The van der Waals surface area contributed by atoms with Gasteiger partial charge in [0.2, 0.25) is 16.0 Å². The average molecular weight is 446 g/mol. The lowest BCUT2D eigenvalue weighted by Crippen LogP contribution is -2.36. The fourth-order valence-corrected chi connectivity index (χ4v) is 4.37. The van der Waals surface area contributed by atoms with Gasteiger partial charge in [-0.25, -0.2) is 28.3 Å². The summed E-state index contributed by atoms with van der Waals surface area (Å²) in [4.78, 5) is 20.9. The number of amides is 1. The van der Waals surface area contributed by atoms with Crippen LogP contribution in [0.25, 0.3) is 0 Å². The lowest BCUT2D eigenvalue weighted by molar-refractivity contribution is 0.0944. The van der Waals surface area contributed by atoms with Crippen LogP contribution in [0.1, 0.15) is 51.5 Å². The summed E-state index contributed by atoms with van der Waals surface area (Å²) in [6, 6.07) is 6.05. The van der Waals surface area contributed by atoms with Gasteiger partial charge in [0, 0.05) is 23.6 Å². The van der Waals surface area contributed by atoms with Crippen molar-refractivity contribution < 1.29 is 17.9 Å². The van der Waals surface area contributed by atoms with E-state index < -0.39 is 10.0 Å². The van der Waals surface area contributed by atoms with E-state index in [4.69, 9.17) is 9.88 Å². The second-order valence-electron chi connectivity index (χ2n) is 9.01. The van der Waals surface area contributed by atoms with E-state index >= 15 is 0 Å². The Hall–Kier alpha value is -2.72. The normalized spacial score (nSPS) is 24.4. The van der Waals surface area contributed by atoms with Crippen LogP contribution in [0.4, 0.5) is 16.4 Å². The highest BCUT2D eigenvalue weighted by Crippen LogP contribution is 2.42. The number of benzene rings is 1. The quantitative estimate of drug-likeness (QED) is 0.622. The van der Waals surface area contributed by atoms with E-state index in [-0.39, 0.29) is 28.0 Å². The topological polar surface area (TPSA) is 136 Å². The van der Waals surface area contributed by atoms with E-state index in [9.17, 15) is 13.2 Å². The van der Waals surface area contributed by atoms with E-state index in [1.165, 1.54) is 12.1 Å². The zero-order valence-electron chi connectivity index (χ0n) is 17.6. The average Bonchev–Trinajstić information content (AvgIpc) is 3.30. The zero-order valence-corrected chi connectivity index (χ0v) is 18.4. The van der Waals surface area contributed by atoms with Crippen molar-refractivity contribution in [2.24, 2.45) is 5.14 Å². The van der Waals surface area contributed by atoms with Crippen LogP contribution in [0, 0.1) is 0 Å². The van der Waals surface area contributed by atoms with Gasteiger partial charge in [0.15, 0.2) is 0 Å². The van der Waals surface area contributed by atoms with Gasteiger partial charge in [0.25, 0.3) is 0 Å². The van der Waals surface area contributed by atoms with Crippen LogP contribution in [0.2, 0.25) is 0 Å². The summed E-state index contributed by atoms with van der Waals surface area (Å²) in [7, 11) is -3.73. The number of nitrogens with zero attached hydrogens (tertiary/aromatic N) is 2. The third-order valence-electron chi connectivity index (χ3n) is 6.16. The molecule has 2 aromatic rings. The van der Waals surface area contributed by atoms with Gasteiger partial charge in [0.05, 0.1) is 4.90 Å². The van der Waals surface area contributed by atoms with Crippen LogP contribution >= 0.6 is 0 Å². The van der Waals surface area contributed by atoms with Gasteiger partial charge in [-0.2, -0.15) is 0 Å². The highest BCUT2D eigenvalue weighted by molar-refractivity contribution is 7.89. The number of primary sulfonamides is 1. The van der Waals surface area contributed by atoms with Crippen LogP contribution in [-0.2, 0) is 20.2 Å². The molecule has 0 radical (unpaired) electrons. The molecule has 0 aliphatic heterocycles. The molecule has 9 nitrogen and oxygen atoms in total. The molecule has 1 heterocycles. The molecule has 2 fully saturated rings. The lowest BCUT2D eigenvalue weighted by atomic mass is 9.82. The molecule has 1 aromatic heterocycles. The van der Waals surface area contributed by atoms with Crippen molar-refractivity contribution in [1.82, 2.24) is 15.3 Å². The summed E-state index contributed by atoms with van der Waals surface area (Å²) < 4.78 is 28.3. The molecule has 2 atom stereocenters. The van der Waals surface area contributed by atoms with Crippen LogP contribution in [0.3, 0.4) is 0 Å². The van der Waals surface area contributed by atoms with E-state index in [1.54, 1.807) is 24.5 Å². The molecule has 1 amide bonds. The largest absolute Gasteiger partial charge is 0.446 e. The Morgan fingerprint density at radius 3 is 2.35 bits per heavy atom. The SMILES string of the molecule is CC1(NC(=O)O[C@@H]2CC[C@](C)(c3cnc(Nc4ccc(S(N)(=O)=O)cc4)nc3)C2)CC1. The fourth-order valence-electron chi connectivity index (χ4n) is 3.85. The molecule has 2 saturated carbocycles. The summed E-state index contributed by atoms with van der Waals surface area (Å²) in [6.45, 7) is 4.16. The maximum absolute atomic E-state index is 12.1. The number of nitrogens with one attached hydrogen (secondary N) is 2. The first kappa shape index (κ1) is 21.5. The zero-order chi connectivity index (χ0) is 22.3. The van der Waals surface area contributed by atoms with Gasteiger partial charge in [-0.15, -0.1) is 0 Å². The summed E-state index contributed by atoms with van der Waals surface area (Å²) >= 11 is 0. The number of carbonyl (C=O) groups is 1. The summed E-state index contributed by atoms with van der Waals surface area (Å²) in [5.41, 5.74) is 1.39. The molecule has 2 aliphatic carbocycles. The van der Waals surface area contributed by atoms with E-state index in [0.717, 1.165) is 37.7 Å². The molecule has 4 N–H and O–H groups in total. The molecular formula is C21H27N5O4S. The first-order valence-electron chi connectivity index (χ1n) is 10.3. The minimum absolute atomic E-state index is 0.0418. The second kappa shape index (κ2) is 7.76. The molecule has 10 heteroatoms. The highest BCUT2D eigenvalue weighted by Gasteiger charge is 2.42. The minimum Gasteiger partial charge on any atom is -0.446 e. The molecule has 2 aliphatic rings. The highest BCUT2D eigenvalue weighted by atomic mass is 32.2. The Bertz CT molecular complexity index is 1070. The minimum atomic E-state index is -3.73. The summed E-state index contributed by atoms with van der Waals surface area (Å²) in [5, 5.41) is 11.1. The van der Waals surface area contributed by atoms with Crippen molar-refractivity contribution in [3.05, 3.63) is 42.2 Å². The summed E-state index contributed by atoms with van der Waals surface area (Å²) in [6.07, 6.45) is 7.51. The third kappa shape index (κ3) is 5.13. The molecule has 1 aromatic carbocycles. The molecule has 4 rings (SSSR count). The number of hydrogen-bond donors (Lipinski definition) is 3. The Labute approximate surface area is 181 Å². The molecule has 0 spiro atoms. The Morgan fingerprint density at radius 2 is 1.77 bits per heavy atom. The molecule has 31 heavy (non-hydrogen) atoms. The van der Waals surface area contributed by atoms with E-state index in [2.05, 4.69) is 27.5 Å². The van der Waals surface area contributed by atoms with Gasteiger partial charge in [0.1, 0.15) is 6.10 Å². The van der Waals surface area contributed by atoms with Crippen molar-refractivity contribution in [3.63, 3.8) is 0 Å². The molecule has 0 bridgehead atoms. The number of sulfonamides is 1. The molecular weight excluding hydrogens is 418 g/mol. The second-order valence-corrected chi connectivity index (χ2v) is 10.6. The number of ether oxygens (including phenoxy) is 1. The van der Waals surface area contributed by atoms with E-state index in [0.29, 0.717) is 11.6 Å². The van der Waals surface area contributed by atoms with Crippen LogP contribution in [0.5, 0.6) is 0 Å². The molecule has 0 unspecified atom stereocenters. The third-order valence-corrected chi connectivity index (χ3v) is 7.09. The monoisotopic (exact) mass is 445 g/mol. The molecule has 0 saturated heterocycles. The standard InChI is InChI=1S/C21H27N5O4S/c1-20(8-7-16(11-20)30-19(27)26-21(2)9-10-21)14-12-23-18(24-13-14)25-15-3-5-17(6-4-15)31(22,28)29/h3-6,12-13,16H,7-11H2,1-2H3,(H,26,27)(H2,22,28,29)(H,23,24,25)/t16-,20+/m1/s1. The Balaban J connectivity index is 1.35. The van der Waals surface area contributed by atoms with Gasteiger partial charge < -0.3 is 15.4 Å². The number of anilines is 2. The van der Waals surface area contributed by atoms with Crippen molar-refractivity contribution in [2.45, 2.75) is 67.9 Å². The predicted molar refractivity (Wildman–Crippen MR) is 115 cm³/mol. The first-order valence-corrected chi connectivity index (χ1v) is 11.8. The van der Waals surface area contributed by atoms with Crippen LogP contribution in [-0.4, -0.2) is 36.1 Å². The summed E-state index contributed by atoms with van der Waals surface area (Å²) in [5.74, 6) is 0.401. The number of alkyl carbamates (subject to hydrolysis) is 1. The van der Waals surface area contributed by atoms with Gasteiger partial charge in [-0.05, 0) is 74.3 Å². The van der Waals surface area contributed by atoms with Crippen LogP contribution in [0.15, 0.2) is 41.6 Å². The van der Waals surface area contributed by atoms with E-state index in [1.807, 2.05) is 6.92 Å². The van der Waals surface area contributed by atoms with Crippen molar-refractivity contribution in [2.75, 3.05) is 5.32 Å². The number of carbonyl (C=O) groups excluding carboxylic acids is 1. The van der Waals surface area contributed by atoms with Gasteiger partial charge in [-0.3, -0.25) is 0 Å². The van der Waals surface area contributed by atoms with Crippen LogP contribution < -0.4 is 15.8 Å². The maximum Gasteiger partial charge on any atom is 0.407 e. The maximum atomic E-state index is 12.1. The number of rotatable bonds is 6. The van der Waals surface area contributed by atoms with Crippen molar-refractivity contribution >= 4 is 27.8 Å². The van der Waals surface area contributed by atoms with Gasteiger partial charge in [-0.1, -0.05) is 6.92 Å².